The van der Waals surface area contributed by atoms with Crippen molar-refractivity contribution in [3.05, 3.63) is 100 Å². The molecule has 0 saturated carbocycles. The van der Waals surface area contributed by atoms with Crippen molar-refractivity contribution in [3.8, 4) is 5.75 Å². The third-order valence-corrected chi connectivity index (χ3v) is 7.64. The number of carboxylic acids is 1. The Morgan fingerprint density at radius 1 is 0.846 bits per heavy atom. The van der Waals surface area contributed by atoms with E-state index in [4.69, 9.17) is 4.74 Å². The normalized spacial score (nSPS) is 13.7. The second kappa shape index (κ2) is 11.4. The van der Waals surface area contributed by atoms with E-state index in [0.29, 0.717) is 17.2 Å². The summed E-state index contributed by atoms with van der Waals surface area (Å²) >= 11 is 0. The lowest BCUT2D eigenvalue weighted by Gasteiger charge is -2.20. The average molecular weight is 527 g/mol. The predicted molar refractivity (Wildman–Crippen MR) is 156 cm³/mol. The molecule has 1 aromatic heterocycles. The molecular formula is C33H38N2O4. The van der Waals surface area contributed by atoms with Crippen molar-refractivity contribution in [3.63, 3.8) is 0 Å². The highest BCUT2D eigenvalue weighted by Crippen LogP contribution is 2.33. The third-order valence-electron chi connectivity index (χ3n) is 7.64. The zero-order valence-electron chi connectivity index (χ0n) is 23.8. The lowest BCUT2D eigenvalue weighted by molar-refractivity contribution is -0.144. The summed E-state index contributed by atoms with van der Waals surface area (Å²) in [6, 6.07) is 21.7. The molecule has 0 spiro atoms. The van der Waals surface area contributed by atoms with Crippen LogP contribution in [0.15, 0.2) is 66.7 Å². The number of aryl methyl sites for hydroxylation is 1. The fraction of sp³-hybridized carbons (Fsp3) is 0.333. The molecule has 39 heavy (non-hydrogen) atoms. The summed E-state index contributed by atoms with van der Waals surface area (Å²) < 4.78 is 7.85. The van der Waals surface area contributed by atoms with Crippen LogP contribution >= 0.6 is 0 Å². The monoisotopic (exact) mass is 526 g/mol. The summed E-state index contributed by atoms with van der Waals surface area (Å²) in [6.45, 7) is 14.1. The van der Waals surface area contributed by atoms with Crippen LogP contribution in [0.25, 0.3) is 10.9 Å². The molecular weight excluding hydrogens is 488 g/mol. The van der Waals surface area contributed by atoms with Gasteiger partial charge in [0.2, 0.25) is 0 Å². The standard InChI is InChI=1S/C33H38N2O4/c1-19(2)25-10-8-11-26(16-25)21(4)34-32(36)28-14-15-31-30(18-28)20(3)22(5)35(31)23(6)27-12-9-13-29(17-27)39-24(7)33(37)38/h8-19,21,23-24H,1-7H3,(H,34,36)(H,37,38). The molecule has 6 nitrogen and oxygen atoms in total. The van der Waals surface area contributed by atoms with Gasteiger partial charge >= 0.3 is 5.97 Å². The number of fused-ring (bicyclic) bond motifs is 1. The number of carboxylic acid groups (broad SMARTS) is 1. The van der Waals surface area contributed by atoms with E-state index in [1.165, 1.54) is 12.5 Å². The molecule has 1 amide bonds. The van der Waals surface area contributed by atoms with Crippen LogP contribution in [0.1, 0.15) is 90.9 Å². The minimum absolute atomic E-state index is 0.0298. The van der Waals surface area contributed by atoms with Crippen molar-refractivity contribution < 1.29 is 19.4 Å². The van der Waals surface area contributed by atoms with Gasteiger partial charge in [0.25, 0.3) is 5.91 Å². The lowest BCUT2D eigenvalue weighted by atomic mass is 9.98. The molecule has 6 heteroatoms. The molecule has 0 radical (unpaired) electrons. The highest BCUT2D eigenvalue weighted by molar-refractivity contribution is 5.99. The highest BCUT2D eigenvalue weighted by Gasteiger charge is 2.20. The topological polar surface area (TPSA) is 80.6 Å². The Hall–Kier alpha value is -4.06. The minimum atomic E-state index is -1.00. The van der Waals surface area contributed by atoms with E-state index in [1.54, 1.807) is 6.07 Å². The molecule has 0 fully saturated rings. The second-order valence-electron chi connectivity index (χ2n) is 10.7. The highest BCUT2D eigenvalue weighted by atomic mass is 16.5. The number of ether oxygens (including phenoxy) is 1. The van der Waals surface area contributed by atoms with Crippen LogP contribution < -0.4 is 10.1 Å². The number of hydrogen-bond donors (Lipinski definition) is 2. The van der Waals surface area contributed by atoms with Gasteiger partial charge in [-0.3, -0.25) is 4.79 Å². The average Bonchev–Trinajstić information content (AvgIpc) is 3.17. The first-order valence-corrected chi connectivity index (χ1v) is 13.5. The minimum Gasteiger partial charge on any atom is -0.479 e. The molecule has 3 atom stereocenters. The number of rotatable bonds is 9. The van der Waals surface area contributed by atoms with Gasteiger partial charge in [-0.25, -0.2) is 4.79 Å². The maximum Gasteiger partial charge on any atom is 0.344 e. The van der Waals surface area contributed by atoms with Gasteiger partial charge in [0.15, 0.2) is 6.10 Å². The summed E-state index contributed by atoms with van der Waals surface area (Å²) in [6.07, 6.45) is -0.932. The van der Waals surface area contributed by atoms with E-state index in [-0.39, 0.29) is 18.0 Å². The van der Waals surface area contributed by atoms with Crippen LogP contribution in [-0.2, 0) is 4.79 Å². The SMILES string of the molecule is Cc1c(C)n(C(C)c2cccc(OC(C)C(=O)O)c2)c2ccc(C(=O)NC(C)c3cccc(C(C)C)c3)cc12. The molecule has 0 aliphatic carbocycles. The quantitative estimate of drug-likeness (QED) is 0.239. The number of carbonyl (C=O) groups is 2. The van der Waals surface area contributed by atoms with Gasteiger partial charge in [0.1, 0.15) is 5.75 Å². The van der Waals surface area contributed by atoms with E-state index >= 15 is 0 Å². The van der Waals surface area contributed by atoms with Crippen molar-refractivity contribution in [2.45, 2.75) is 72.6 Å². The Morgan fingerprint density at radius 3 is 2.21 bits per heavy atom. The van der Waals surface area contributed by atoms with Crippen LogP contribution in [0.5, 0.6) is 5.75 Å². The van der Waals surface area contributed by atoms with Gasteiger partial charge in [0.05, 0.1) is 12.1 Å². The predicted octanol–water partition coefficient (Wildman–Crippen LogP) is 7.33. The van der Waals surface area contributed by atoms with Crippen molar-refractivity contribution in [1.82, 2.24) is 9.88 Å². The van der Waals surface area contributed by atoms with Crippen LogP contribution in [0.2, 0.25) is 0 Å². The van der Waals surface area contributed by atoms with Crippen LogP contribution in [0.4, 0.5) is 0 Å². The number of benzene rings is 3. The molecule has 0 aliphatic heterocycles. The number of amides is 1. The van der Waals surface area contributed by atoms with E-state index in [2.05, 4.69) is 62.7 Å². The molecule has 0 aliphatic rings. The number of hydrogen-bond acceptors (Lipinski definition) is 3. The largest absolute Gasteiger partial charge is 0.479 e. The van der Waals surface area contributed by atoms with Crippen LogP contribution in [0, 0.1) is 13.8 Å². The van der Waals surface area contributed by atoms with Gasteiger partial charge in [0, 0.05) is 22.2 Å². The number of nitrogens with one attached hydrogen (secondary N) is 1. The molecule has 1 heterocycles. The Bertz CT molecular complexity index is 1520. The number of nitrogens with zero attached hydrogens (tertiary/aromatic N) is 1. The first-order valence-electron chi connectivity index (χ1n) is 13.5. The first kappa shape index (κ1) is 28.0. The second-order valence-corrected chi connectivity index (χ2v) is 10.7. The maximum atomic E-state index is 13.2. The Balaban J connectivity index is 1.60. The fourth-order valence-electron chi connectivity index (χ4n) is 5.05. The van der Waals surface area contributed by atoms with Gasteiger partial charge in [-0.1, -0.05) is 50.2 Å². The van der Waals surface area contributed by atoms with Crippen molar-refractivity contribution >= 4 is 22.8 Å². The lowest BCUT2D eigenvalue weighted by Crippen LogP contribution is -2.26. The zero-order valence-corrected chi connectivity index (χ0v) is 23.8. The Morgan fingerprint density at radius 2 is 1.51 bits per heavy atom. The number of carbonyl (C=O) groups excluding carboxylic acids is 1. The van der Waals surface area contributed by atoms with Gasteiger partial charge in [-0.2, -0.15) is 0 Å². The molecule has 4 aromatic rings. The van der Waals surface area contributed by atoms with Crippen LogP contribution in [-0.4, -0.2) is 27.7 Å². The summed E-state index contributed by atoms with van der Waals surface area (Å²) in [5.74, 6) is -0.160. The van der Waals surface area contributed by atoms with E-state index < -0.39 is 12.1 Å². The summed E-state index contributed by atoms with van der Waals surface area (Å²) in [4.78, 5) is 24.5. The maximum absolute atomic E-state index is 13.2. The molecule has 3 aromatic carbocycles. The van der Waals surface area contributed by atoms with Crippen molar-refractivity contribution in [2.24, 2.45) is 0 Å². The van der Waals surface area contributed by atoms with Crippen molar-refractivity contribution in [2.75, 3.05) is 0 Å². The van der Waals surface area contributed by atoms with Gasteiger partial charge in [-0.05, 0) is 93.1 Å². The van der Waals surface area contributed by atoms with Gasteiger partial charge in [-0.15, -0.1) is 0 Å². The molecule has 204 valence electrons. The van der Waals surface area contributed by atoms with Gasteiger partial charge < -0.3 is 19.7 Å². The molecule has 4 rings (SSSR count). The first-order chi connectivity index (χ1) is 18.5. The number of aromatic nitrogens is 1. The summed E-state index contributed by atoms with van der Waals surface area (Å²) in [5.41, 5.74) is 7.24. The smallest absolute Gasteiger partial charge is 0.344 e. The van der Waals surface area contributed by atoms with E-state index in [1.807, 2.05) is 49.4 Å². The summed E-state index contributed by atoms with van der Waals surface area (Å²) in [5, 5.41) is 13.4. The number of aliphatic carboxylic acids is 1. The van der Waals surface area contributed by atoms with Crippen LogP contribution in [0.3, 0.4) is 0 Å². The van der Waals surface area contributed by atoms with Crippen molar-refractivity contribution in [1.29, 1.82) is 0 Å². The molecule has 0 saturated heterocycles. The Labute approximate surface area is 230 Å². The van der Waals surface area contributed by atoms with E-state index in [9.17, 15) is 14.7 Å². The molecule has 3 unspecified atom stereocenters. The van der Waals surface area contributed by atoms with E-state index in [0.717, 1.165) is 33.3 Å². The molecule has 2 N–H and O–H groups in total. The zero-order chi connectivity index (χ0) is 28.4. The fourth-order valence-corrected chi connectivity index (χ4v) is 5.05. The molecule has 0 bridgehead atoms. The Kier molecular flexibility index (Phi) is 8.14. The third kappa shape index (κ3) is 5.85. The summed E-state index contributed by atoms with van der Waals surface area (Å²) in [7, 11) is 0.